The lowest BCUT2D eigenvalue weighted by atomic mass is 9.95. The molecule has 1 aliphatic heterocycles. The molecule has 0 saturated carbocycles. The van der Waals surface area contributed by atoms with Gasteiger partial charge in [-0.05, 0) is 42.7 Å². The number of methoxy groups -OCH3 is 1. The van der Waals surface area contributed by atoms with Crippen LogP contribution in [0, 0.1) is 5.92 Å². The van der Waals surface area contributed by atoms with Gasteiger partial charge in [-0.2, -0.15) is 0 Å². The molecule has 164 valence electrons. The minimum absolute atomic E-state index is 0.0174. The fraction of sp³-hybridized carbons (Fsp3) is 0.375. The van der Waals surface area contributed by atoms with E-state index in [1.807, 2.05) is 47.4 Å². The Labute approximate surface area is 182 Å². The van der Waals surface area contributed by atoms with E-state index in [1.54, 1.807) is 19.2 Å². The van der Waals surface area contributed by atoms with Gasteiger partial charge in [-0.25, -0.2) is 0 Å². The van der Waals surface area contributed by atoms with Crippen LogP contribution < -0.4 is 15.4 Å². The fourth-order valence-corrected chi connectivity index (χ4v) is 3.62. The highest BCUT2D eigenvalue weighted by atomic mass is 16.5. The number of benzene rings is 2. The molecule has 31 heavy (non-hydrogen) atoms. The van der Waals surface area contributed by atoms with Crippen LogP contribution in [0.1, 0.15) is 28.8 Å². The Morgan fingerprint density at radius 2 is 1.58 bits per heavy atom. The number of ether oxygens (including phenoxy) is 1. The van der Waals surface area contributed by atoms with Gasteiger partial charge >= 0.3 is 0 Å². The number of amides is 3. The number of carbonyl (C=O) groups is 3. The highest BCUT2D eigenvalue weighted by Crippen LogP contribution is 2.19. The molecule has 0 atom stereocenters. The van der Waals surface area contributed by atoms with Gasteiger partial charge in [0.25, 0.3) is 5.91 Å². The molecule has 1 saturated heterocycles. The first kappa shape index (κ1) is 22.3. The second-order valence-corrected chi connectivity index (χ2v) is 7.59. The number of hydrogen-bond acceptors (Lipinski definition) is 4. The van der Waals surface area contributed by atoms with Gasteiger partial charge in [-0.15, -0.1) is 0 Å². The summed E-state index contributed by atoms with van der Waals surface area (Å²) < 4.78 is 5.14. The largest absolute Gasteiger partial charge is 0.497 e. The van der Waals surface area contributed by atoms with E-state index in [4.69, 9.17) is 4.74 Å². The highest BCUT2D eigenvalue weighted by molar-refractivity contribution is 5.94. The average Bonchev–Trinajstić information content (AvgIpc) is 2.82. The highest BCUT2D eigenvalue weighted by Gasteiger charge is 2.27. The molecule has 0 unspecified atom stereocenters. The maximum Gasteiger partial charge on any atom is 0.251 e. The molecule has 7 nitrogen and oxygen atoms in total. The molecule has 0 aliphatic carbocycles. The first-order chi connectivity index (χ1) is 15.1. The topological polar surface area (TPSA) is 87.7 Å². The van der Waals surface area contributed by atoms with Crippen molar-refractivity contribution >= 4 is 17.7 Å². The molecule has 2 N–H and O–H groups in total. The lowest BCUT2D eigenvalue weighted by Crippen LogP contribution is -2.44. The molecule has 0 radical (unpaired) electrons. The normalized spacial score (nSPS) is 14.0. The van der Waals surface area contributed by atoms with Crippen molar-refractivity contribution < 1.29 is 19.1 Å². The average molecular weight is 424 g/mol. The van der Waals surface area contributed by atoms with E-state index in [0.29, 0.717) is 51.0 Å². The number of likely N-dealkylation sites (tertiary alicyclic amines) is 1. The van der Waals surface area contributed by atoms with Crippen LogP contribution in [0.5, 0.6) is 5.75 Å². The zero-order chi connectivity index (χ0) is 22.1. The molecule has 3 amide bonds. The van der Waals surface area contributed by atoms with E-state index < -0.39 is 0 Å². The number of piperidine rings is 1. The molecular weight excluding hydrogens is 394 g/mol. The molecule has 2 aromatic carbocycles. The van der Waals surface area contributed by atoms with Crippen LogP contribution in [-0.2, 0) is 16.0 Å². The second kappa shape index (κ2) is 11.2. The van der Waals surface area contributed by atoms with Gasteiger partial charge in [0.1, 0.15) is 5.75 Å². The molecular formula is C24H29N3O4. The maximum atomic E-state index is 12.5. The van der Waals surface area contributed by atoms with E-state index in [-0.39, 0.29) is 23.6 Å². The van der Waals surface area contributed by atoms with Crippen LogP contribution in [0.15, 0.2) is 54.6 Å². The van der Waals surface area contributed by atoms with Gasteiger partial charge in [0.05, 0.1) is 13.5 Å². The first-order valence-electron chi connectivity index (χ1n) is 10.6. The lowest BCUT2D eigenvalue weighted by molar-refractivity contribution is -0.135. The van der Waals surface area contributed by atoms with Crippen molar-refractivity contribution in [2.45, 2.75) is 19.3 Å². The Morgan fingerprint density at radius 3 is 2.23 bits per heavy atom. The summed E-state index contributed by atoms with van der Waals surface area (Å²) >= 11 is 0. The smallest absolute Gasteiger partial charge is 0.251 e. The predicted octanol–water partition coefficient (Wildman–Crippen LogP) is 2.02. The molecule has 2 aromatic rings. The van der Waals surface area contributed by atoms with Gasteiger partial charge in [-0.3, -0.25) is 14.4 Å². The van der Waals surface area contributed by atoms with Gasteiger partial charge in [0.15, 0.2) is 0 Å². The molecule has 1 aliphatic rings. The van der Waals surface area contributed by atoms with Crippen LogP contribution >= 0.6 is 0 Å². The van der Waals surface area contributed by atoms with E-state index in [0.717, 1.165) is 11.3 Å². The van der Waals surface area contributed by atoms with Gasteiger partial charge in [0.2, 0.25) is 11.8 Å². The summed E-state index contributed by atoms with van der Waals surface area (Å²) in [7, 11) is 1.61. The van der Waals surface area contributed by atoms with Crippen LogP contribution in [0.25, 0.3) is 0 Å². The number of nitrogens with zero attached hydrogens (tertiary/aromatic N) is 1. The zero-order valence-corrected chi connectivity index (χ0v) is 17.8. The Kier molecular flexibility index (Phi) is 8.04. The van der Waals surface area contributed by atoms with Crippen LogP contribution in [0.3, 0.4) is 0 Å². The van der Waals surface area contributed by atoms with Crippen molar-refractivity contribution in [3.8, 4) is 5.75 Å². The molecule has 1 heterocycles. The molecule has 0 bridgehead atoms. The molecule has 0 aromatic heterocycles. The number of hydrogen-bond donors (Lipinski definition) is 2. The van der Waals surface area contributed by atoms with E-state index in [9.17, 15) is 14.4 Å². The van der Waals surface area contributed by atoms with E-state index in [2.05, 4.69) is 10.6 Å². The van der Waals surface area contributed by atoms with Gasteiger partial charge < -0.3 is 20.3 Å². The summed E-state index contributed by atoms with van der Waals surface area (Å²) in [6.07, 6.45) is 1.65. The summed E-state index contributed by atoms with van der Waals surface area (Å²) in [6.45, 7) is 1.92. The second-order valence-electron chi connectivity index (χ2n) is 7.59. The van der Waals surface area contributed by atoms with E-state index >= 15 is 0 Å². The third kappa shape index (κ3) is 6.57. The van der Waals surface area contributed by atoms with Crippen LogP contribution in [0.4, 0.5) is 0 Å². The summed E-state index contributed by atoms with van der Waals surface area (Å²) in [5, 5.41) is 5.68. The molecule has 3 rings (SSSR count). The summed E-state index contributed by atoms with van der Waals surface area (Å²) in [5.74, 6) is 0.569. The molecule has 7 heteroatoms. The van der Waals surface area contributed by atoms with Crippen molar-refractivity contribution in [3.05, 3.63) is 65.7 Å². The van der Waals surface area contributed by atoms with Crippen LogP contribution in [0.2, 0.25) is 0 Å². The van der Waals surface area contributed by atoms with Crippen molar-refractivity contribution in [1.82, 2.24) is 15.5 Å². The van der Waals surface area contributed by atoms with Crippen LogP contribution in [-0.4, -0.2) is 55.9 Å². The van der Waals surface area contributed by atoms with Gasteiger partial charge in [-0.1, -0.05) is 30.3 Å². The third-order valence-electron chi connectivity index (χ3n) is 5.48. The van der Waals surface area contributed by atoms with Gasteiger partial charge in [0, 0.05) is 37.7 Å². The summed E-state index contributed by atoms with van der Waals surface area (Å²) in [4.78, 5) is 38.8. The summed E-state index contributed by atoms with van der Waals surface area (Å²) in [5.41, 5.74) is 1.55. The Balaban J connectivity index is 1.34. The van der Waals surface area contributed by atoms with Crippen molar-refractivity contribution in [2.24, 2.45) is 5.92 Å². The minimum atomic E-state index is -0.154. The number of nitrogens with one attached hydrogen (secondary N) is 2. The number of carbonyl (C=O) groups excluding carboxylic acids is 3. The zero-order valence-electron chi connectivity index (χ0n) is 17.8. The minimum Gasteiger partial charge on any atom is -0.497 e. The van der Waals surface area contributed by atoms with Crippen molar-refractivity contribution in [2.75, 3.05) is 33.3 Å². The maximum absolute atomic E-state index is 12.5. The molecule has 0 spiro atoms. The monoisotopic (exact) mass is 423 g/mol. The standard InChI is InChI=1S/C24H29N3O4/c1-31-21-9-7-18(8-10-21)17-22(28)27-15-11-20(12-16-27)24(30)26-14-13-25-23(29)19-5-3-2-4-6-19/h2-10,20H,11-17H2,1H3,(H,25,29)(H,26,30). The van der Waals surface area contributed by atoms with Crippen molar-refractivity contribution in [3.63, 3.8) is 0 Å². The lowest BCUT2D eigenvalue weighted by Gasteiger charge is -2.31. The Hall–Kier alpha value is -3.35. The third-order valence-corrected chi connectivity index (χ3v) is 5.48. The Morgan fingerprint density at radius 1 is 0.935 bits per heavy atom. The SMILES string of the molecule is COc1ccc(CC(=O)N2CCC(C(=O)NCCNC(=O)c3ccccc3)CC2)cc1. The number of rotatable bonds is 8. The summed E-state index contributed by atoms with van der Waals surface area (Å²) in [6, 6.07) is 16.5. The quantitative estimate of drug-likeness (QED) is 0.636. The van der Waals surface area contributed by atoms with E-state index in [1.165, 1.54) is 0 Å². The fourth-order valence-electron chi connectivity index (χ4n) is 3.62. The van der Waals surface area contributed by atoms with Crippen molar-refractivity contribution in [1.29, 1.82) is 0 Å². The first-order valence-corrected chi connectivity index (χ1v) is 10.6. The Bertz CT molecular complexity index is 875. The molecule has 1 fully saturated rings. The predicted molar refractivity (Wildman–Crippen MR) is 118 cm³/mol.